The van der Waals surface area contributed by atoms with Gasteiger partial charge in [0, 0.05) is 16.6 Å². The minimum Gasteiger partial charge on any atom is -0.323 e. The van der Waals surface area contributed by atoms with E-state index in [-0.39, 0.29) is 23.8 Å². The summed E-state index contributed by atoms with van der Waals surface area (Å²) in [7, 11) is 0. The summed E-state index contributed by atoms with van der Waals surface area (Å²) in [6.45, 7) is 0.665. The number of nitrogens with zero attached hydrogens (tertiary/aromatic N) is 2. The topological polar surface area (TPSA) is 69.7 Å². The van der Waals surface area contributed by atoms with E-state index in [1.165, 1.54) is 4.90 Å². The van der Waals surface area contributed by atoms with Crippen molar-refractivity contribution in [2.24, 2.45) is 11.8 Å². The lowest BCUT2D eigenvalue weighted by atomic mass is 9.75. The van der Waals surface area contributed by atoms with Crippen LogP contribution >= 0.6 is 23.2 Å². The van der Waals surface area contributed by atoms with Crippen molar-refractivity contribution in [3.8, 4) is 0 Å². The number of hydrogen-bond donors (Lipinski definition) is 1. The largest absolute Gasteiger partial charge is 0.323 e. The van der Waals surface area contributed by atoms with Gasteiger partial charge in [0.25, 0.3) is 5.91 Å². The first-order chi connectivity index (χ1) is 14.5. The maximum absolute atomic E-state index is 13.7. The van der Waals surface area contributed by atoms with E-state index in [1.54, 1.807) is 36.4 Å². The summed E-state index contributed by atoms with van der Waals surface area (Å²) in [4.78, 5) is 44.1. The Balaban J connectivity index is 1.56. The zero-order valence-corrected chi connectivity index (χ0v) is 17.3. The summed E-state index contributed by atoms with van der Waals surface area (Å²) >= 11 is 12.4. The van der Waals surface area contributed by atoms with Gasteiger partial charge in [0.15, 0.2) is 0 Å². The van der Waals surface area contributed by atoms with E-state index in [0.29, 0.717) is 33.5 Å². The quantitative estimate of drug-likeness (QED) is 0.688. The van der Waals surface area contributed by atoms with E-state index in [4.69, 9.17) is 23.2 Å². The fourth-order valence-electron chi connectivity index (χ4n) is 6.04. The molecule has 1 spiro atoms. The summed E-state index contributed by atoms with van der Waals surface area (Å²) in [5, 5.41) is 3.87. The van der Waals surface area contributed by atoms with Crippen molar-refractivity contribution in [2.75, 3.05) is 16.8 Å². The zero-order chi connectivity index (χ0) is 20.8. The fraction of sp³-hybridized carbons (Fsp3) is 0.318. The molecule has 3 saturated heterocycles. The maximum atomic E-state index is 13.7. The molecule has 30 heavy (non-hydrogen) atoms. The van der Waals surface area contributed by atoms with Crippen LogP contribution in [0.4, 0.5) is 11.4 Å². The Hall–Kier alpha value is -2.41. The summed E-state index contributed by atoms with van der Waals surface area (Å²) in [5.41, 5.74) is 0.507. The number of carbonyl (C=O) groups excluding carboxylic acids is 3. The standard InChI is InChI=1S/C22H17Cl2N3O3/c23-11-6-8-12(9-7-11)27-19(28)16-15-5-2-10-26(15)22(17(16)20(27)29)13-3-1-4-14(24)18(13)25-21(22)30/h1,3-4,6-9,15-17H,2,5,10H2,(H,25,30)/t15-,16+,17+,22+/m0/s1. The molecule has 2 aromatic rings. The molecule has 4 atom stereocenters. The Labute approximate surface area is 182 Å². The number of amides is 3. The fourth-order valence-corrected chi connectivity index (χ4v) is 6.39. The molecule has 3 fully saturated rings. The number of carbonyl (C=O) groups is 3. The highest BCUT2D eigenvalue weighted by Gasteiger charge is 2.74. The lowest BCUT2D eigenvalue weighted by molar-refractivity contribution is -0.135. The summed E-state index contributed by atoms with van der Waals surface area (Å²) in [6.07, 6.45) is 1.65. The minimum atomic E-state index is -1.21. The van der Waals surface area contributed by atoms with Crippen LogP contribution in [0, 0.1) is 11.8 Å². The van der Waals surface area contributed by atoms with Crippen molar-refractivity contribution in [3.63, 3.8) is 0 Å². The average Bonchev–Trinajstić information content (AvgIpc) is 3.42. The molecule has 0 saturated carbocycles. The highest BCUT2D eigenvalue weighted by molar-refractivity contribution is 6.35. The number of rotatable bonds is 1. The van der Waals surface area contributed by atoms with E-state index in [2.05, 4.69) is 10.2 Å². The zero-order valence-electron chi connectivity index (χ0n) is 15.8. The van der Waals surface area contributed by atoms with Crippen molar-refractivity contribution in [3.05, 3.63) is 58.1 Å². The number of imide groups is 1. The van der Waals surface area contributed by atoms with Crippen LogP contribution in [-0.2, 0) is 19.9 Å². The second kappa shape index (κ2) is 6.06. The molecule has 4 aliphatic rings. The van der Waals surface area contributed by atoms with E-state index < -0.39 is 17.4 Å². The van der Waals surface area contributed by atoms with Crippen LogP contribution < -0.4 is 10.2 Å². The van der Waals surface area contributed by atoms with Gasteiger partial charge in [-0.05, 0) is 49.7 Å². The van der Waals surface area contributed by atoms with E-state index >= 15 is 0 Å². The number of halogens is 2. The summed E-state index contributed by atoms with van der Waals surface area (Å²) in [5.74, 6) is -2.21. The summed E-state index contributed by atoms with van der Waals surface area (Å²) < 4.78 is 0. The molecule has 6 rings (SSSR count). The molecule has 0 aliphatic carbocycles. The van der Waals surface area contributed by atoms with Crippen LogP contribution in [0.15, 0.2) is 42.5 Å². The Bertz CT molecular complexity index is 1130. The van der Waals surface area contributed by atoms with Gasteiger partial charge in [-0.3, -0.25) is 19.3 Å². The second-order valence-corrected chi connectivity index (χ2v) is 9.12. The molecule has 2 aromatic carbocycles. The van der Waals surface area contributed by atoms with Crippen LogP contribution in [0.1, 0.15) is 18.4 Å². The lowest BCUT2D eigenvalue weighted by Gasteiger charge is -2.36. The highest BCUT2D eigenvalue weighted by Crippen LogP contribution is 2.61. The smallest absolute Gasteiger partial charge is 0.250 e. The predicted octanol–water partition coefficient (Wildman–Crippen LogP) is 3.42. The third-order valence-electron chi connectivity index (χ3n) is 7.06. The van der Waals surface area contributed by atoms with E-state index in [1.807, 2.05) is 6.07 Å². The Morgan fingerprint density at radius 1 is 1.00 bits per heavy atom. The van der Waals surface area contributed by atoms with Gasteiger partial charge in [-0.2, -0.15) is 0 Å². The molecule has 4 aliphatic heterocycles. The molecule has 6 nitrogen and oxygen atoms in total. The maximum Gasteiger partial charge on any atom is 0.250 e. The van der Waals surface area contributed by atoms with Crippen molar-refractivity contribution < 1.29 is 14.4 Å². The monoisotopic (exact) mass is 441 g/mol. The molecular weight excluding hydrogens is 425 g/mol. The van der Waals surface area contributed by atoms with Crippen molar-refractivity contribution >= 4 is 52.3 Å². The SMILES string of the molecule is O=C1[C@@H]2[C@@H]3CCCN3[C@@]3(C(=O)Nc4c(Cl)cccc43)[C@H]2C(=O)N1c1ccc(Cl)cc1. The molecule has 152 valence electrons. The normalized spacial score (nSPS) is 32.0. The van der Waals surface area contributed by atoms with E-state index in [9.17, 15) is 14.4 Å². The minimum absolute atomic E-state index is 0.153. The third-order valence-corrected chi connectivity index (χ3v) is 7.63. The molecule has 8 heteroatoms. The number of para-hydroxylation sites is 1. The summed E-state index contributed by atoms with van der Waals surface area (Å²) in [6, 6.07) is 11.8. The highest BCUT2D eigenvalue weighted by atomic mass is 35.5. The average molecular weight is 442 g/mol. The Morgan fingerprint density at radius 3 is 2.53 bits per heavy atom. The molecule has 1 N–H and O–H groups in total. The molecule has 0 unspecified atom stereocenters. The molecule has 0 radical (unpaired) electrons. The molecule has 4 heterocycles. The predicted molar refractivity (Wildman–Crippen MR) is 112 cm³/mol. The van der Waals surface area contributed by atoms with Gasteiger partial charge in [0.2, 0.25) is 11.8 Å². The molecule has 0 aromatic heterocycles. The number of hydrogen-bond acceptors (Lipinski definition) is 4. The van der Waals surface area contributed by atoms with Crippen LogP contribution in [0.2, 0.25) is 10.0 Å². The number of fused-ring (bicyclic) bond motifs is 7. The van der Waals surface area contributed by atoms with Gasteiger partial charge in [-0.1, -0.05) is 35.3 Å². The molecule has 3 amide bonds. The Kier molecular flexibility index (Phi) is 3.71. The molecular formula is C22H17Cl2N3O3. The number of anilines is 2. The van der Waals surface area contributed by atoms with Gasteiger partial charge in [-0.15, -0.1) is 0 Å². The van der Waals surface area contributed by atoms with Gasteiger partial charge in [0.1, 0.15) is 5.54 Å². The van der Waals surface area contributed by atoms with Gasteiger partial charge < -0.3 is 5.32 Å². The first kappa shape index (κ1) is 18.4. The molecule has 0 bridgehead atoms. The van der Waals surface area contributed by atoms with Crippen molar-refractivity contribution in [2.45, 2.75) is 24.4 Å². The second-order valence-electron chi connectivity index (χ2n) is 8.28. The van der Waals surface area contributed by atoms with Crippen molar-refractivity contribution in [1.29, 1.82) is 0 Å². The number of benzene rings is 2. The first-order valence-electron chi connectivity index (χ1n) is 9.97. The van der Waals surface area contributed by atoms with Crippen LogP contribution in [-0.4, -0.2) is 35.2 Å². The van der Waals surface area contributed by atoms with Gasteiger partial charge in [0.05, 0.1) is 28.2 Å². The van der Waals surface area contributed by atoms with Gasteiger partial charge >= 0.3 is 0 Å². The van der Waals surface area contributed by atoms with Crippen LogP contribution in [0.3, 0.4) is 0 Å². The van der Waals surface area contributed by atoms with Crippen LogP contribution in [0.5, 0.6) is 0 Å². The number of nitrogens with one attached hydrogen (secondary N) is 1. The lowest BCUT2D eigenvalue weighted by Crippen LogP contribution is -2.54. The van der Waals surface area contributed by atoms with Gasteiger partial charge in [-0.25, -0.2) is 4.90 Å². The first-order valence-corrected chi connectivity index (χ1v) is 10.7. The Morgan fingerprint density at radius 2 is 1.77 bits per heavy atom. The third kappa shape index (κ3) is 2.02. The van der Waals surface area contributed by atoms with E-state index in [0.717, 1.165) is 12.8 Å². The van der Waals surface area contributed by atoms with Crippen LogP contribution in [0.25, 0.3) is 0 Å². The van der Waals surface area contributed by atoms with Crippen molar-refractivity contribution in [1.82, 2.24) is 4.90 Å².